The molecule has 0 heterocycles. The maximum absolute atomic E-state index is 13.0. The summed E-state index contributed by atoms with van der Waals surface area (Å²) in [6, 6.07) is 8.83. The van der Waals surface area contributed by atoms with E-state index in [0.717, 1.165) is 0 Å². The van der Waals surface area contributed by atoms with E-state index in [4.69, 9.17) is 21.4 Å². The number of ether oxygens (including phenoxy) is 1. The molecule has 2 aromatic rings. The van der Waals surface area contributed by atoms with Gasteiger partial charge >= 0.3 is 5.97 Å². The molecule has 2 aromatic carbocycles. The minimum absolute atomic E-state index is 0.00111. The van der Waals surface area contributed by atoms with E-state index in [1.165, 1.54) is 24.3 Å². The number of carboxylic acid groups (broad SMARTS) is 1. The largest absolute Gasteiger partial charge is 0.488 e. The van der Waals surface area contributed by atoms with E-state index in [-0.39, 0.29) is 22.9 Å². The first-order chi connectivity index (χ1) is 9.47. The second-order valence-electron chi connectivity index (χ2n) is 3.98. The second-order valence-corrected chi connectivity index (χ2v) is 5.31. The Morgan fingerprint density at radius 3 is 2.70 bits per heavy atom. The summed E-state index contributed by atoms with van der Waals surface area (Å²) in [5.74, 6) is -1.36. The fraction of sp³-hybridized carbons (Fsp3) is 0.0714. The molecule has 0 aromatic heterocycles. The molecule has 0 atom stereocenters. The predicted octanol–water partition coefficient (Wildman–Crippen LogP) is 4.52. The average Bonchev–Trinajstić information content (AvgIpc) is 2.40. The van der Waals surface area contributed by atoms with Crippen LogP contribution in [0, 0.1) is 5.82 Å². The van der Waals surface area contributed by atoms with E-state index in [1.54, 1.807) is 12.1 Å². The third kappa shape index (κ3) is 3.49. The van der Waals surface area contributed by atoms with Gasteiger partial charge in [-0.25, -0.2) is 9.18 Å². The van der Waals surface area contributed by atoms with Gasteiger partial charge in [0, 0.05) is 4.47 Å². The minimum Gasteiger partial charge on any atom is -0.488 e. The van der Waals surface area contributed by atoms with Gasteiger partial charge in [0.15, 0.2) is 0 Å². The van der Waals surface area contributed by atoms with Crippen LogP contribution < -0.4 is 4.74 Å². The maximum Gasteiger partial charge on any atom is 0.339 e. The van der Waals surface area contributed by atoms with E-state index >= 15 is 0 Å². The van der Waals surface area contributed by atoms with Crippen LogP contribution >= 0.6 is 27.5 Å². The molecule has 0 bridgehead atoms. The molecule has 0 unspecified atom stereocenters. The maximum atomic E-state index is 13.0. The summed E-state index contributed by atoms with van der Waals surface area (Å²) in [6.07, 6.45) is 0. The SMILES string of the molecule is O=C(O)c1ccc(Br)cc1OCc1ccc(F)c(Cl)c1. The molecule has 2 rings (SSSR count). The third-order valence-electron chi connectivity index (χ3n) is 2.55. The highest BCUT2D eigenvalue weighted by Gasteiger charge is 2.12. The highest BCUT2D eigenvalue weighted by Crippen LogP contribution is 2.25. The predicted molar refractivity (Wildman–Crippen MR) is 76.8 cm³/mol. The summed E-state index contributed by atoms with van der Waals surface area (Å²) >= 11 is 8.92. The Bertz CT molecular complexity index is 661. The topological polar surface area (TPSA) is 46.5 Å². The molecule has 6 heteroatoms. The van der Waals surface area contributed by atoms with Gasteiger partial charge in [-0.05, 0) is 35.9 Å². The lowest BCUT2D eigenvalue weighted by molar-refractivity contribution is 0.0691. The van der Waals surface area contributed by atoms with Crippen LogP contribution in [0.25, 0.3) is 0 Å². The number of aromatic carboxylic acids is 1. The second kappa shape index (κ2) is 6.24. The van der Waals surface area contributed by atoms with E-state index < -0.39 is 11.8 Å². The van der Waals surface area contributed by atoms with E-state index in [9.17, 15) is 9.18 Å². The van der Waals surface area contributed by atoms with Crippen LogP contribution in [0.5, 0.6) is 5.75 Å². The van der Waals surface area contributed by atoms with Crippen LogP contribution in [-0.2, 0) is 6.61 Å². The quantitative estimate of drug-likeness (QED) is 0.873. The normalized spacial score (nSPS) is 10.3. The highest BCUT2D eigenvalue weighted by atomic mass is 79.9. The number of rotatable bonds is 4. The summed E-state index contributed by atoms with van der Waals surface area (Å²) < 4.78 is 19.2. The lowest BCUT2D eigenvalue weighted by atomic mass is 10.2. The smallest absolute Gasteiger partial charge is 0.339 e. The van der Waals surface area contributed by atoms with Crippen LogP contribution in [-0.4, -0.2) is 11.1 Å². The molecule has 104 valence electrons. The zero-order valence-corrected chi connectivity index (χ0v) is 12.4. The van der Waals surface area contributed by atoms with Crippen molar-refractivity contribution in [2.24, 2.45) is 0 Å². The minimum atomic E-state index is -1.08. The molecule has 0 aliphatic rings. The Balaban J connectivity index is 2.20. The van der Waals surface area contributed by atoms with Gasteiger partial charge in [0.25, 0.3) is 0 Å². The van der Waals surface area contributed by atoms with Crippen LogP contribution in [0.4, 0.5) is 4.39 Å². The highest BCUT2D eigenvalue weighted by molar-refractivity contribution is 9.10. The van der Waals surface area contributed by atoms with Crippen LogP contribution in [0.2, 0.25) is 5.02 Å². The molecule has 20 heavy (non-hydrogen) atoms. The van der Waals surface area contributed by atoms with Crippen molar-refractivity contribution in [1.82, 2.24) is 0 Å². The lowest BCUT2D eigenvalue weighted by Crippen LogP contribution is -2.03. The molecule has 0 aliphatic carbocycles. The van der Waals surface area contributed by atoms with Gasteiger partial charge in [-0.1, -0.05) is 33.6 Å². The standard InChI is InChI=1S/C14H9BrClFO3/c15-9-2-3-10(14(18)19)13(6-9)20-7-8-1-4-12(17)11(16)5-8/h1-6H,7H2,(H,18,19). The Morgan fingerprint density at radius 1 is 1.30 bits per heavy atom. The van der Waals surface area contributed by atoms with Gasteiger partial charge in [0.2, 0.25) is 0 Å². The zero-order chi connectivity index (χ0) is 14.7. The van der Waals surface area contributed by atoms with Gasteiger partial charge in [-0.15, -0.1) is 0 Å². The van der Waals surface area contributed by atoms with Crippen molar-refractivity contribution in [2.75, 3.05) is 0 Å². The molecule has 0 aliphatic heterocycles. The zero-order valence-electron chi connectivity index (χ0n) is 10.1. The first kappa shape index (κ1) is 14.8. The Labute approximate surface area is 128 Å². The third-order valence-corrected chi connectivity index (χ3v) is 3.34. The molecule has 3 nitrogen and oxygen atoms in total. The molecule has 0 saturated heterocycles. The first-order valence-electron chi connectivity index (χ1n) is 5.57. The molecule has 0 fully saturated rings. The Hall–Kier alpha value is -1.59. The Kier molecular flexibility index (Phi) is 4.62. The fourth-order valence-electron chi connectivity index (χ4n) is 1.58. The van der Waals surface area contributed by atoms with Crippen molar-refractivity contribution in [2.45, 2.75) is 6.61 Å². The lowest BCUT2D eigenvalue weighted by Gasteiger charge is -2.10. The monoisotopic (exact) mass is 358 g/mol. The number of benzene rings is 2. The van der Waals surface area contributed by atoms with E-state index in [2.05, 4.69) is 15.9 Å². The van der Waals surface area contributed by atoms with Crippen LogP contribution in [0.1, 0.15) is 15.9 Å². The summed E-state index contributed by atoms with van der Waals surface area (Å²) in [5, 5.41) is 9.07. The summed E-state index contributed by atoms with van der Waals surface area (Å²) in [7, 11) is 0. The van der Waals surface area contributed by atoms with Crippen molar-refractivity contribution in [3.05, 3.63) is 62.8 Å². The molecule has 0 amide bonds. The van der Waals surface area contributed by atoms with Gasteiger partial charge in [-0.2, -0.15) is 0 Å². The summed E-state index contributed by atoms with van der Waals surface area (Å²) in [5.41, 5.74) is 0.703. The Morgan fingerprint density at radius 2 is 2.05 bits per heavy atom. The van der Waals surface area contributed by atoms with Crippen LogP contribution in [0.3, 0.4) is 0 Å². The number of carbonyl (C=O) groups is 1. The van der Waals surface area contributed by atoms with Crippen molar-refractivity contribution in [3.63, 3.8) is 0 Å². The molecule has 0 radical (unpaired) electrons. The summed E-state index contributed by atoms with van der Waals surface area (Å²) in [4.78, 5) is 11.1. The molecule has 0 spiro atoms. The van der Waals surface area contributed by atoms with E-state index in [1.807, 2.05) is 0 Å². The van der Waals surface area contributed by atoms with Crippen molar-refractivity contribution >= 4 is 33.5 Å². The van der Waals surface area contributed by atoms with Crippen molar-refractivity contribution < 1.29 is 19.0 Å². The number of carboxylic acids is 1. The van der Waals surface area contributed by atoms with Gasteiger partial charge in [0.05, 0.1) is 5.02 Å². The fourth-order valence-corrected chi connectivity index (χ4v) is 2.13. The molecule has 0 saturated carbocycles. The van der Waals surface area contributed by atoms with Crippen LogP contribution in [0.15, 0.2) is 40.9 Å². The average molecular weight is 360 g/mol. The molecular formula is C14H9BrClFO3. The number of hydrogen-bond donors (Lipinski definition) is 1. The van der Waals surface area contributed by atoms with Crippen molar-refractivity contribution in [3.8, 4) is 5.75 Å². The number of halogens is 3. The van der Waals surface area contributed by atoms with Crippen molar-refractivity contribution in [1.29, 1.82) is 0 Å². The van der Waals surface area contributed by atoms with Gasteiger partial charge < -0.3 is 9.84 Å². The molecule has 1 N–H and O–H groups in total. The first-order valence-corrected chi connectivity index (χ1v) is 6.74. The number of hydrogen-bond acceptors (Lipinski definition) is 2. The van der Waals surface area contributed by atoms with E-state index in [0.29, 0.717) is 10.0 Å². The molecular weight excluding hydrogens is 351 g/mol. The van der Waals surface area contributed by atoms with Gasteiger partial charge in [-0.3, -0.25) is 0 Å². The summed E-state index contributed by atoms with van der Waals surface area (Å²) in [6.45, 7) is 0.0940. The van der Waals surface area contributed by atoms with Gasteiger partial charge in [0.1, 0.15) is 23.7 Å².